The van der Waals surface area contributed by atoms with Gasteiger partial charge in [0.15, 0.2) is 0 Å². The summed E-state index contributed by atoms with van der Waals surface area (Å²) in [6, 6.07) is 23.0. The molecule has 4 aromatic rings. The van der Waals surface area contributed by atoms with Crippen molar-refractivity contribution in [1.82, 2.24) is 9.99 Å². The van der Waals surface area contributed by atoms with Gasteiger partial charge in [-0.2, -0.15) is 5.10 Å². The second-order valence-electron chi connectivity index (χ2n) is 9.10. The molecule has 1 heterocycles. The molecule has 0 aliphatic rings. The first-order valence-corrected chi connectivity index (χ1v) is 13.8. The molecule has 1 aromatic heterocycles. The van der Waals surface area contributed by atoms with Gasteiger partial charge >= 0.3 is 0 Å². The Balaban J connectivity index is 1.56. The van der Waals surface area contributed by atoms with Crippen molar-refractivity contribution in [1.29, 1.82) is 0 Å². The molecule has 0 bridgehead atoms. The summed E-state index contributed by atoms with van der Waals surface area (Å²) in [5, 5.41) is 4.78. The molecule has 7 nitrogen and oxygen atoms in total. The molecule has 0 spiro atoms. The molecule has 196 valence electrons. The molecule has 4 rings (SSSR count). The minimum absolute atomic E-state index is 0.102. The van der Waals surface area contributed by atoms with Gasteiger partial charge in [-0.3, -0.25) is 9.10 Å². The highest BCUT2D eigenvalue weighted by Gasteiger charge is 2.27. The molecule has 1 N–H and O–H groups in total. The van der Waals surface area contributed by atoms with Gasteiger partial charge in [-0.15, -0.1) is 0 Å². The van der Waals surface area contributed by atoms with Gasteiger partial charge in [0, 0.05) is 27.7 Å². The Kier molecular flexibility index (Phi) is 8.04. The molecule has 0 atom stereocenters. The lowest BCUT2D eigenvalue weighted by Gasteiger charge is -2.24. The van der Waals surface area contributed by atoms with Crippen molar-refractivity contribution >= 4 is 39.4 Å². The van der Waals surface area contributed by atoms with Gasteiger partial charge in [0.2, 0.25) is 0 Å². The van der Waals surface area contributed by atoms with Crippen LogP contribution < -0.4 is 9.73 Å². The van der Waals surface area contributed by atoms with Crippen LogP contribution in [0.4, 0.5) is 5.69 Å². The molecule has 1 amide bonds. The van der Waals surface area contributed by atoms with E-state index >= 15 is 0 Å². The number of amides is 1. The number of aromatic nitrogens is 1. The van der Waals surface area contributed by atoms with Gasteiger partial charge in [-0.25, -0.2) is 13.8 Å². The van der Waals surface area contributed by atoms with Crippen molar-refractivity contribution in [3.8, 4) is 5.69 Å². The average Bonchev–Trinajstić information content (AvgIpc) is 3.15. The first kappa shape index (κ1) is 27.2. The van der Waals surface area contributed by atoms with E-state index in [1.165, 1.54) is 12.1 Å². The highest BCUT2D eigenvalue weighted by Crippen LogP contribution is 2.26. The van der Waals surface area contributed by atoms with Gasteiger partial charge in [-0.1, -0.05) is 35.9 Å². The number of sulfonamides is 1. The summed E-state index contributed by atoms with van der Waals surface area (Å²) >= 11 is 6.02. The molecule has 0 saturated heterocycles. The topological polar surface area (TPSA) is 83.8 Å². The van der Waals surface area contributed by atoms with Crippen LogP contribution >= 0.6 is 11.6 Å². The summed E-state index contributed by atoms with van der Waals surface area (Å²) in [4.78, 5) is 13.0. The van der Waals surface area contributed by atoms with Crippen LogP contribution in [0.1, 0.15) is 28.1 Å². The van der Waals surface area contributed by atoms with Gasteiger partial charge in [-0.05, 0) is 93.4 Å². The number of hydrazone groups is 1. The normalized spacial score (nSPS) is 11.6. The number of benzene rings is 3. The third-order valence-electron chi connectivity index (χ3n) is 6.06. The largest absolute Gasteiger partial charge is 0.318 e. The summed E-state index contributed by atoms with van der Waals surface area (Å²) in [6.07, 6.45) is 1.56. The molecule has 3 aromatic carbocycles. The molecule has 0 radical (unpaired) electrons. The minimum Gasteiger partial charge on any atom is -0.318 e. The van der Waals surface area contributed by atoms with Crippen molar-refractivity contribution in [3.63, 3.8) is 0 Å². The van der Waals surface area contributed by atoms with Crippen LogP contribution in [0, 0.1) is 27.7 Å². The number of carbonyl (C=O) groups excluding carboxylic acids is 1. The van der Waals surface area contributed by atoms with E-state index in [0.29, 0.717) is 10.7 Å². The number of rotatable bonds is 8. The number of anilines is 1. The highest BCUT2D eigenvalue weighted by atomic mass is 35.5. The van der Waals surface area contributed by atoms with Crippen molar-refractivity contribution < 1.29 is 13.2 Å². The van der Waals surface area contributed by atoms with Crippen molar-refractivity contribution in [2.45, 2.75) is 32.6 Å². The third-order valence-corrected chi connectivity index (χ3v) is 8.10. The lowest BCUT2D eigenvalue weighted by Crippen LogP contribution is -2.39. The van der Waals surface area contributed by atoms with Gasteiger partial charge < -0.3 is 4.57 Å². The van der Waals surface area contributed by atoms with Crippen molar-refractivity contribution in [2.24, 2.45) is 5.10 Å². The van der Waals surface area contributed by atoms with Crippen LogP contribution in [-0.4, -0.2) is 31.7 Å². The Labute approximate surface area is 228 Å². The Morgan fingerprint density at radius 1 is 0.947 bits per heavy atom. The Hall–Kier alpha value is -3.88. The Bertz CT molecular complexity index is 1570. The van der Waals surface area contributed by atoms with E-state index in [1.807, 2.05) is 64.1 Å². The van der Waals surface area contributed by atoms with E-state index in [9.17, 15) is 13.2 Å². The summed E-state index contributed by atoms with van der Waals surface area (Å²) in [7, 11) is -3.99. The predicted molar refractivity (Wildman–Crippen MR) is 153 cm³/mol. The second kappa shape index (κ2) is 11.2. The lowest BCUT2D eigenvalue weighted by molar-refractivity contribution is -0.119. The van der Waals surface area contributed by atoms with Crippen molar-refractivity contribution in [2.75, 3.05) is 10.8 Å². The molecule has 9 heteroatoms. The minimum atomic E-state index is -3.99. The summed E-state index contributed by atoms with van der Waals surface area (Å²) < 4.78 is 30.2. The standard InChI is InChI=1S/C29H29ClN4O3S/c1-20-14-21(2)16-27(15-20)33(38(36,37)28-8-6-5-7-9-28)19-29(35)32-31-18-24-17-22(3)34(23(24)4)26-12-10-25(30)11-13-26/h5-18H,19H2,1-4H3,(H,32,35)/b31-18-. The number of nitrogens with one attached hydrogen (secondary N) is 1. The SMILES string of the molecule is Cc1cc(C)cc(N(CC(=O)N/N=C\c2cc(C)n(-c3ccc(Cl)cc3)c2C)S(=O)(=O)c2ccccc2)c1. The van der Waals surface area contributed by atoms with E-state index in [-0.39, 0.29) is 4.90 Å². The monoisotopic (exact) mass is 548 g/mol. The summed E-state index contributed by atoms with van der Waals surface area (Å²) in [5.41, 5.74) is 8.39. The molecular formula is C29H29ClN4O3S. The highest BCUT2D eigenvalue weighted by molar-refractivity contribution is 7.92. The van der Waals surface area contributed by atoms with E-state index in [2.05, 4.69) is 15.1 Å². The van der Waals surface area contributed by atoms with Crippen LogP contribution in [0.2, 0.25) is 5.02 Å². The molecule has 0 fully saturated rings. The predicted octanol–water partition coefficient (Wildman–Crippen LogP) is 5.71. The van der Waals surface area contributed by atoms with Crippen LogP contribution in [0.5, 0.6) is 0 Å². The maximum absolute atomic E-state index is 13.5. The molecule has 0 aliphatic carbocycles. The number of hydrogen-bond donors (Lipinski definition) is 1. The first-order valence-electron chi connectivity index (χ1n) is 12.0. The van der Waals surface area contributed by atoms with Crippen molar-refractivity contribution in [3.05, 3.63) is 112 Å². The molecule has 38 heavy (non-hydrogen) atoms. The lowest BCUT2D eigenvalue weighted by atomic mass is 10.1. The maximum Gasteiger partial charge on any atom is 0.264 e. The van der Waals surface area contributed by atoms with E-state index < -0.39 is 22.5 Å². The van der Waals surface area contributed by atoms with E-state index in [0.717, 1.165) is 38.1 Å². The number of aryl methyl sites for hydroxylation is 3. The van der Waals surface area contributed by atoms with Gasteiger partial charge in [0.05, 0.1) is 16.8 Å². The third kappa shape index (κ3) is 5.98. The summed E-state index contributed by atoms with van der Waals surface area (Å²) in [5.74, 6) is -0.563. The number of nitrogens with zero attached hydrogens (tertiary/aromatic N) is 3. The van der Waals surface area contributed by atoms with Gasteiger partial charge in [0.25, 0.3) is 15.9 Å². The zero-order valence-corrected chi connectivity index (χ0v) is 23.2. The van der Waals surface area contributed by atoms with Crippen LogP contribution in [0.25, 0.3) is 5.69 Å². The second-order valence-corrected chi connectivity index (χ2v) is 11.4. The summed E-state index contributed by atoms with van der Waals surface area (Å²) in [6.45, 7) is 7.28. The Morgan fingerprint density at radius 2 is 1.58 bits per heavy atom. The molecular weight excluding hydrogens is 520 g/mol. The zero-order chi connectivity index (χ0) is 27.4. The number of carbonyl (C=O) groups is 1. The fourth-order valence-corrected chi connectivity index (χ4v) is 5.93. The number of halogens is 1. The van der Waals surface area contributed by atoms with Crippen LogP contribution in [0.15, 0.2) is 88.9 Å². The molecule has 0 unspecified atom stereocenters. The number of hydrogen-bond acceptors (Lipinski definition) is 4. The smallest absolute Gasteiger partial charge is 0.264 e. The maximum atomic E-state index is 13.5. The zero-order valence-electron chi connectivity index (χ0n) is 21.6. The fourth-order valence-electron chi connectivity index (χ4n) is 4.37. The molecule has 0 saturated carbocycles. The molecule has 0 aliphatic heterocycles. The quantitative estimate of drug-likeness (QED) is 0.226. The first-order chi connectivity index (χ1) is 18.1. The Morgan fingerprint density at radius 3 is 2.21 bits per heavy atom. The van der Waals surface area contributed by atoms with Crippen LogP contribution in [-0.2, 0) is 14.8 Å². The van der Waals surface area contributed by atoms with Crippen LogP contribution in [0.3, 0.4) is 0 Å². The van der Waals surface area contributed by atoms with E-state index in [1.54, 1.807) is 36.5 Å². The fraction of sp³-hybridized carbons (Fsp3) is 0.172. The average molecular weight is 549 g/mol. The van der Waals surface area contributed by atoms with E-state index in [4.69, 9.17) is 11.6 Å². The van der Waals surface area contributed by atoms with Gasteiger partial charge in [0.1, 0.15) is 6.54 Å².